The van der Waals surface area contributed by atoms with Gasteiger partial charge >= 0.3 is 0 Å². The fraction of sp³-hybridized carbons (Fsp3) is 0.417. The zero-order chi connectivity index (χ0) is 22.0. The van der Waals surface area contributed by atoms with Gasteiger partial charge < -0.3 is 19.4 Å². The van der Waals surface area contributed by atoms with Crippen LogP contribution in [0.2, 0.25) is 0 Å². The molecule has 8 heteroatoms. The summed E-state index contributed by atoms with van der Waals surface area (Å²) in [4.78, 5) is 20.1. The summed E-state index contributed by atoms with van der Waals surface area (Å²) < 4.78 is 13.9. The molecule has 5 rings (SSSR count). The van der Waals surface area contributed by atoms with Crippen LogP contribution in [0.5, 0.6) is 5.75 Å². The fourth-order valence-corrected chi connectivity index (χ4v) is 5.33. The predicted octanol–water partition coefficient (Wildman–Crippen LogP) is 3.16. The number of fused-ring (bicyclic) bond motifs is 2. The Kier molecular flexibility index (Phi) is 5.99. The van der Waals surface area contributed by atoms with E-state index in [9.17, 15) is 4.79 Å². The fourth-order valence-electron chi connectivity index (χ4n) is 4.67. The van der Waals surface area contributed by atoms with E-state index in [2.05, 4.69) is 36.6 Å². The van der Waals surface area contributed by atoms with Gasteiger partial charge in [-0.05, 0) is 52.9 Å². The van der Waals surface area contributed by atoms with Crippen molar-refractivity contribution in [1.29, 1.82) is 0 Å². The van der Waals surface area contributed by atoms with E-state index in [0.29, 0.717) is 13.1 Å². The van der Waals surface area contributed by atoms with Crippen molar-refractivity contribution in [3.05, 3.63) is 70.4 Å². The van der Waals surface area contributed by atoms with Gasteiger partial charge in [0.1, 0.15) is 17.2 Å². The van der Waals surface area contributed by atoms with Crippen LogP contribution in [0.15, 0.2) is 53.5 Å². The molecular weight excluding hydrogens is 424 g/mol. The van der Waals surface area contributed by atoms with E-state index in [4.69, 9.17) is 9.47 Å². The van der Waals surface area contributed by atoms with Crippen LogP contribution in [0.1, 0.15) is 29.8 Å². The summed E-state index contributed by atoms with van der Waals surface area (Å²) in [5.74, 6) is 1.64. The highest BCUT2D eigenvalue weighted by atomic mass is 32.1. The molecule has 4 heterocycles. The number of nitrogens with zero attached hydrogens (tertiary/aromatic N) is 3. The first-order chi connectivity index (χ1) is 15.6. The minimum atomic E-state index is -0.536. The molecule has 0 radical (unpaired) electrons. The Hall–Kier alpha value is -2.68. The highest BCUT2D eigenvalue weighted by Crippen LogP contribution is 2.40. The van der Waals surface area contributed by atoms with Crippen molar-refractivity contribution in [3.63, 3.8) is 0 Å². The van der Waals surface area contributed by atoms with Crippen molar-refractivity contribution >= 4 is 17.2 Å². The first kappa shape index (κ1) is 21.2. The molecule has 1 atom stereocenters. The Morgan fingerprint density at radius 1 is 1.31 bits per heavy atom. The SMILES string of the molecule is COc1cccc(CNC(=O)C2Cn3ccnc3C3(CCN(Cc4ccsc4)CC3)O2)c1. The molecule has 1 unspecified atom stereocenters. The number of methoxy groups -OCH3 is 1. The van der Waals surface area contributed by atoms with E-state index < -0.39 is 11.7 Å². The molecule has 0 aliphatic carbocycles. The number of nitrogens with one attached hydrogen (secondary N) is 1. The largest absolute Gasteiger partial charge is 0.497 e. The van der Waals surface area contributed by atoms with Gasteiger partial charge in [0.15, 0.2) is 6.10 Å². The molecule has 3 aromatic rings. The zero-order valence-electron chi connectivity index (χ0n) is 18.2. The second-order valence-corrected chi connectivity index (χ2v) is 9.26. The van der Waals surface area contributed by atoms with E-state index in [1.54, 1.807) is 18.4 Å². The van der Waals surface area contributed by atoms with Crippen LogP contribution >= 0.6 is 11.3 Å². The van der Waals surface area contributed by atoms with Crippen LogP contribution in [0.3, 0.4) is 0 Å². The number of hydrogen-bond acceptors (Lipinski definition) is 6. The van der Waals surface area contributed by atoms with Gasteiger partial charge in [-0.2, -0.15) is 11.3 Å². The summed E-state index contributed by atoms with van der Waals surface area (Å²) in [6.07, 6.45) is 4.89. The van der Waals surface area contributed by atoms with Crippen molar-refractivity contribution in [2.75, 3.05) is 20.2 Å². The number of benzene rings is 1. The van der Waals surface area contributed by atoms with Gasteiger partial charge in [0.05, 0.1) is 13.7 Å². The van der Waals surface area contributed by atoms with Gasteiger partial charge in [-0.15, -0.1) is 0 Å². The van der Waals surface area contributed by atoms with E-state index in [0.717, 1.165) is 49.6 Å². The molecule has 7 nitrogen and oxygen atoms in total. The van der Waals surface area contributed by atoms with Gasteiger partial charge in [0, 0.05) is 38.6 Å². The number of piperidine rings is 1. The highest BCUT2D eigenvalue weighted by molar-refractivity contribution is 7.07. The number of carbonyl (C=O) groups is 1. The van der Waals surface area contributed by atoms with Crippen LogP contribution in [0, 0.1) is 0 Å². The number of ether oxygens (including phenoxy) is 2. The van der Waals surface area contributed by atoms with E-state index >= 15 is 0 Å². The van der Waals surface area contributed by atoms with Crippen LogP contribution < -0.4 is 10.1 Å². The Labute approximate surface area is 192 Å². The summed E-state index contributed by atoms with van der Waals surface area (Å²) in [5, 5.41) is 7.37. The number of amides is 1. The molecule has 2 aromatic heterocycles. The lowest BCUT2D eigenvalue weighted by Crippen LogP contribution is -2.53. The van der Waals surface area contributed by atoms with Crippen LogP contribution in [-0.2, 0) is 34.8 Å². The lowest BCUT2D eigenvalue weighted by Gasteiger charge is -2.45. The molecule has 2 aliphatic heterocycles. The topological polar surface area (TPSA) is 68.6 Å². The van der Waals surface area contributed by atoms with Crippen LogP contribution in [0.4, 0.5) is 0 Å². The normalized spacial score (nSPS) is 20.1. The molecule has 1 amide bonds. The second kappa shape index (κ2) is 9.05. The quantitative estimate of drug-likeness (QED) is 0.622. The standard InChI is InChI=1S/C24H28N4O3S/c1-30-20-4-2-3-18(13-20)14-26-22(29)21-16-28-11-8-25-23(28)24(31-21)6-9-27(10-7-24)15-19-5-12-32-17-19/h2-5,8,11-13,17,21H,6-7,9-10,14-16H2,1H3,(H,26,29). The van der Waals surface area contributed by atoms with Gasteiger partial charge in [-0.25, -0.2) is 4.98 Å². The third-order valence-electron chi connectivity index (χ3n) is 6.40. The van der Waals surface area contributed by atoms with Gasteiger partial charge in [0.25, 0.3) is 5.91 Å². The molecule has 1 spiro atoms. The summed E-state index contributed by atoms with van der Waals surface area (Å²) in [5.41, 5.74) is 1.84. The van der Waals surface area contributed by atoms with Crippen molar-refractivity contribution in [3.8, 4) is 5.75 Å². The van der Waals surface area contributed by atoms with E-state index in [1.807, 2.05) is 36.7 Å². The molecule has 1 N–H and O–H groups in total. The molecule has 1 aromatic carbocycles. The van der Waals surface area contributed by atoms with Crippen molar-refractivity contribution in [2.24, 2.45) is 0 Å². The maximum absolute atomic E-state index is 13.0. The van der Waals surface area contributed by atoms with Crippen LogP contribution in [0.25, 0.3) is 0 Å². The Morgan fingerprint density at radius 3 is 2.97 bits per heavy atom. The molecule has 1 fully saturated rings. The van der Waals surface area contributed by atoms with Gasteiger partial charge in [-0.3, -0.25) is 9.69 Å². The van der Waals surface area contributed by atoms with Crippen molar-refractivity contribution in [2.45, 2.75) is 44.2 Å². The highest BCUT2D eigenvalue weighted by Gasteiger charge is 2.47. The number of hydrogen-bond donors (Lipinski definition) is 1. The molecule has 32 heavy (non-hydrogen) atoms. The molecule has 2 aliphatic rings. The monoisotopic (exact) mass is 452 g/mol. The number of carbonyl (C=O) groups excluding carboxylic acids is 1. The Bertz CT molecular complexity index is 1060. The summed E-state index contributed by atoms with van der Waals surface area (Å²) in [7, 11) is 1.64. The van der Waals surface area contributed by atoms with Crippen LogP contribution in [-0.4, -0.2) is 46.7 Å². The number of aromatic nitrogens is 2. The molecule has 1 saturated heterocycles. The van der Waals surface area contributed by atoms with Gasteiger partial charge in [-0.1, -0.05) is 12.1 Å². The van der Waals surface area contributed by atoms with E-state index in [-0.39, 0.29) is 5.91 Å². The second-order valence-electron chi connectivity index (χ2n) is 8.48. The Morgan fingerprint density at radius 2 is 2.19 bits per heavy atom. The van der Waals surface area contributed by atoms with Gasteiger partial charge in [0.2, 0.25) is 0 Å². The van der Waals surface area contributed by atoms with Crippen molar-refractivity contribution in [1.82, 2.24) is 19.8 Å². The third kappa shape index (κ3) is 4.30. The first-order valence-electron chi connectivity index (χ1n) is 11.0. The predicted molar refractivity (Wildman–Crippen MR) is 122 cm³/mol. The number of rotatable bonds is 6. The smallest absolute Gasteiger partial charge is 0.251 e. The lowest BCUT2D eigenvalue weighted by molar-refractivity contribution is -0.174. The lowest BCUT2D eigenvalue weighted by atomic mass is 9.88. The summed E-state index contributed by atoms with van der Waals surface area (Å²) in [6, 6.07) is 9.91. The van der Waals surface area contributed by atoms with Crippen molar-refractivity contribution < 1.29 is 14.3 Å². The Balaban J connectivity index is 1.25. The summed E-state index contributed by atoms with van der Waals surface area (Å²) >= 11 is 1.73. The molecule has 0 bridgehead atoms. The maximum atomic E-state index is 13.0. The number of imidazole rings is 1. The maximum Gasteiger partial charge on any atom is 0.251 e. The molecular formula is C24H28N4O3S. The number of likely N-dealkylation sites (tertiary alicyclic amines) is 1. The number of thiophene rings is 1. The third-order valence-corrected chi connectivity index (χ3v) is 7.13. The molecule has 0 saturated carbocycles. The van der Waals surface area contributed by atoms with E-state index in [1.165, 1.54) is 5.56 Å². The minimum absolute atomic E-state index is 0.0905. The molecule has 168 valence electrons. The average molecular weight is 453 g/mol. The summed E-state index contributed by atoms with van der Waals surface area (Å²) in [6.45, 7) is 3.72. The average Bonchev–Trinajstić information content (AvgIpc) is 3.52. The minimum Gasteiger partial charge on any atom is -0.497 e. The first-order valence-corrected chi connectivity index (χ1v) is 11.9. The zero-order valence-corrected chi connectivity index (χ0v) is 19.0.